The van der Waals surface area contributed by atoms with E-state index in [1.54, 1.807) is 6.20 Å². The van der Waals surface area contributed by atoms with E-state index in [4.69, 9.17) is 4.98 Å². The molecule has 0 bridgehead atoms. The molecular formula is C33H46N4O. The third kappa shape index (κ3) is 7.13. The summed E-state index contributed by atoms with van der Waals surface area (Å²) in [5.74, 6) is 0.995. The largest absolute Gasteiger partial charge is 0.366 e. The van der Waals surface area contributed by atoms with E-state index in [1.807, 2.05) is 26.1 Å². The van der Waals surface area contributed by atoms with Gasteiger partial charge in [-0.05, 0) is 81.3 Å². The van der Waals surface area contributed by atoms with Crippen molar-refractivity contribution in [3.8, 4) is 0 Å². The highest BCUT2D eigenvalue weighted by atomic mass is 16.2. The number of pyridine rings is 1. The van der Waals surface area contributed by atoms with Crippen LogP contribution >= 0.6 is 0 Å². The number of benzene rings is 1. The maximum absolute atomic E-state index is 12.9. The number of piperazine rings is 1. The molecular weight excluding hydrogens is 468 g/mol. The van der Waals surface area contributed by atoms with Crippen LogP contribution in [-0.2, 0) is 17.6 Å². The first-order valence-electron chi connectivity index (χ1n) is 14.6. The van der Waals surface area contributed by atoms with Crippen LogP contribution in [0.25, 0.3) is 0 Å². The van der Waals surface area contributed by atoms with E-state index in [0.29, 0.717) is 11.8 Å². The Morgan fingerprint density at radius 2 is 1.82 bits per heavy atom. The number of nitrogens with one attached hydrogen (secondary N) is 1. The van der Waals surface area contributed by atoms with Gasteiger partial charge < -0.3 is 10.2 Å². The zero-order chi connectivity index (χ0) is 26.9. The molecule has 1 saturated carbocycles. The number of amides is 1. The lowest BCUT2D eigenvalue weighted by Crippen LogP contribution is -2.50. The molecule has 0 spiro atoms. The second kappa shape index (κ2) is 13.7. The Balaban J connectivity index is 0.000000426. The van der Waals surface area contributed by atoms with Crippen LogP contribution in [0.2, 0.25) is 0 Å². The lowest BCUT2D eigenvalue weighted by molar-refractivity contribution is -0.134. The zero-order valence-electron chi connectivity index (χ0n) is 23.7. The van der Waals surface area contributed by atoms with Crippen molar-refractivity contribution in [1.82, 2.24) is 20.1 Å². The molecule has 2 aliphatic carbocycles. The number of aromatic nitrogens is 1. The molecule has 3 aliphatic rings. The van der Waals surface area contributed by atoms with Crippen molar-refractivity contribution in [2.75, 3.05) is 26.2 Å². The summed E-state index contributed by atoms with van der Waals surface area (Å²) in [4.78, 5) is 22.5. The van der Waals surface area contributed by atoms with Crippen LogP contribution in [0, 0.1) is 12.8 Å². The standard InChI is InChI=1S/C27H35N3O.C6H11N/c1-20-9-12-24-23(18-20)11-10-22-8-5-13-28-26(22)27(24)30-16-14-29(15-17-30)25(31)19-21-6-3-2-4-7-21;1-4-6(3)7-5-2/h5,8-9,12-13,18,21,27H,2-4,6-7,10-11,14-17,19H2,1H3;4-5,7H,2H2,1,3H3/b;6-4+. The summed E-state index contributed by atoms with van der Waals surface area (Å²) >= 11 is 0. The Bertz CT molecular complexity index is 1110. The summed E-state index contributed by atoms with van der Waals surface area (Å²) in [6.45, 7) is 13.2. The topological polar surface area (TPSA) is 48.5 Å². The monoisotopic (exact) mass is 514 g/mol. The van der Waals surface area contributed by atoms with Gasteiger partial charge in [-0.3, -0.25) is 14.7 Å². The van der Waals surface area contributed by atoms with E-state index < -0.39 is 0 Å². The van der Waals surface area contributed by atoms with Crippen LogP contribution in [0.15, 0.2) is 61.1 Å². The van der Waals surface area contributed by atoms with Crippen molar-refractivity contribution < 1.29 is 4.79 Å². The van der Waals surface area contributed by atoms with Gasteiger partial charge >= 0.3 is 0 Å². The first-order valence-corrected chi connectivity index (χ1v) is 14.6. The molecule has 38 heavy (non-hydrogen) atoms. The smallest absolute Gasteiger partial charge is 0.222 e. The van der Waals surface area contributed by atoms with Gasteiger partial charge in [0.25, 0.3) is 0 Å². The Kier molecular flexibility index (Phi) is 10.2. The predicted molar refractivity (Wildman–Crippen MR) is 157 cm³/mol. The third-order valence-corrected chi connectivity index (χ3v) is 8.42. The van der Waals surface area contributed by atoms with E-state index in [9.17, 15) is 4.79 Å². The molecule has 1 aromatic carbocycles. The summed E-state index contributed by atoms with van der Waals surface area (Å²) in [6, 6.07) is 11.4. The van der Waals surface area contributed by atoms with Crippen molar-refractivity contribution in [3.63, 3.8) is 0 Å². The van der Waals surface area contributed by atoms with Gasteiger partial charge in [-0.2, -0.15) is 0 Å². The van der Waals surface area contributed by atoms with E-state index in [2.05, 4.69) is 59.0 Å². The Labute approximate surface area is 230 Å². The number of allylic oxidation sites excluding steroid dienone is 2. The summed E-state index contributed by atoms with van der Waals surface area (Å²) in [5, 5.41) is 2.92. The highest BCUT2D eigenvalue weighted by molar-refractivity contribution is 5.76. The van der Waals surface area contributed by atoms with Gasteiger partial charge in [0, 0.05) is 44.5 Å². The fourth-order valence-electron chi connectivity index (χ4n) is 6.15. The van der Waals surface area contributed by atoms with Crippen LogP contribution in [-0.4, -0.2) is 46.9 Å². The summed E-state index contributed by atoms with van der Waals surface area (Å²) in [6.07, 6.45) is 14.9. The van der Waals surface area contributed by atoms with Crippen LogP contribution in [0.5, 0.6) is 0 Å². The van der Waals surface area contributed by atoms with Crippen LogP contribution < -0.4 is 5.32 Å². The normalized spacial score (nSPS) is 20.3. The fraction of sp³-hybridized carbons (Fsp3) is 0.515. The quantitative estimate of drug-likeness (QED) is 0.506. The highest BCUT2D eigenvalue weighted by Gasteiger charge is 2.33. The molecule has 2 aromatic rings. The molecule has 1 aromatic heterocycles. The second-order valence-electron chi connectivity index (χ2n) is 11.1. The summed E-state index contributed by atoms with van der Waals surface area (Å²) in [7, 11) is 0. The van der Waals surface area contributed by atoms with Gasteiger partial charge in [0.15, 0.2) is 0 Å². The maximum Gasteiger partial charge on any atom is 0.222 e. The second-order valence-corrected chi connectivity index (χ2v) is 11.1. The third-order valence-electron chi connectivity index (χ3n) is 8.42. The molecule has 204 valence electrons. The van der Waals surface area contributed by atoms with E-state index in [0.717, 1.165) is 51.1 Å². The van der Waals surface area contributed by atoms with Crippen LogP contribution in [0.3, 0.4) is 0 Å². The van der Waals surface area contributed by atoms with Gasteiger partial charge in [-0.25, -0.2) is 0 Å². The lowest BCUT2D eigenvalue weighted by Gasteiger charge is -2.40. The number of aryl methyl sites for hydroxylation is 3. The Morgan fingerprint density at radius 1 is 1.08 bits per heavy atom. The van der Waals surface area contributed by atoms with Crippen LogP contribution in [0.1, 0.15) is 86.4 Å². The number of carbonyl (C=O) groups is 1. The van der Waals surface area contributed by atoms with E-state index in [1.165, 1.54) is 60.1 Å². The minimum atomic E-state index is 0.199. The minimum absolute atomic E-state index is 0.199. The zero-order valence-corrected chi connectivity index (χ0v) is 23.7. The fourth-order valence-corrected chi connectivity index (χ4v) is 6.15. The minimum Gasteiger partial charge on any atom is -0.366 e. The number of hydrogen-bond acceptors (Lipinski definition) is 4. The molecule has 1 N–H and O–H groups in total. The molecule has 2 fully saturated rings. The molecule has 5 rings (SSSR count). The first kappa shape index (κ1) is 28.1. The van der Waals surface area contributed by atoms with Crippen LogP contribution in [0.4, 0.5) is 0 Å². The molecule has 1 unspecified atom stereocenters. The van der Waals surface area contributed by atoms with Crippen molar-refractivity contribution in [2.24, 2.45) is 5.92 Å². The SMILES string of the molecule is C=CN/C(C)=C/C.Cc1ccc2c(c1)CCc1cccnc1C2N1CCN(C(=O)CC2CCCCC2)CC1. The van der Waals surface area contributed by atoms with Gasteiger partial charge in [0.2, 0.25) is 5.91 Å². The number of carbonyl (C=O) groups excluding carboxylic acids is 1. The Hall–Kier alpha value is -2.92. The predicted octanol–water partition coefficient (Wildman–Crippen LogP) is 6.34. The number of rotatable bonds is 5. The number of fused-ring (bicyclic) bond motifs is 2. The molecule has 1 saturated heterocycles. The molecule has 2 heterocycles. The van der Waals surface area contributed by atoms with Gasteiger partial charge in [-0.15, -0.1) is 0 Å². The molecule has 5 nitrogen and oxygen atoms in total. The van der Waals surface area contributed by atoms with E-state index >= 15 is 0 Å². The van der Waals surface area contributed by atoms with Gasteiger partial charge in [-0.1, -0.05) is 61.7 Å². The average Bonchev–Trinajstić information content (AvgIpc) is 3.11. The first-order chi connectivity index (χ1) is 18.5. The number of nitrogens with zero attached hydrogens (tertiary/aromatic N) is 3. The highest BCUT2D eigenvalue weighted by Crippen LogP contribution is 2.36. The lowest BCUT2D eigenvalue weighted by atomic mass is 9.86. The molecule has 0 radical (unpaired) electrons. The molecule has 1 amide bonds. The molecule has 5 heteroatoms. The summed E-state index contributed by atoms with van der Waals surface area (Å²) < 4.78 is 0. The molecule has 1 aliphatic heterocycles. The van der Waals surface area contributed by atoms with Crippen molar-refractivity contribution in [1.29, 1.82) is 0 Å². The van der Waals surface area contributed by atoms with E-state index in [-0.39, 0.29) is 6.04 Å². The van der Waals surface area contributed by atoms with Gasteiger partial charge in [0.05, 0.1) is 11.7 Å². The van der Waals surface area contributed by atoms with Crippen molar-refractivity contribution >= 4 is 5.91 Å². The summed E-state index contributed by atoms with van der Waals surface area (Å²) in [5.41, 5.74) is 7.91. The van der Waals surface area contributed by atoms with Crippen molar-refractivity contribution in [3.05, 3.63) is 89.0 Å². The van der Waals surface area contributed by atoms with Crippen molar-refractivity contribution in [2.45, 2.75) is 78.2 Å². The average molecular weight is 515 g/mol. The number of hydrogen-bond donors (Lipinski definition) is 1. The van der Waals surface area contributed by atoms with Gasteiger partial charge in [0.1, 0.15) is 0 Å². The maximum atomic E-state index is 12.9. The molecule has 1 atom stereocenters. The Morgan fingerprint density at radius 3 is 2.50 bits per heavy atom.